The average molecular weight is 438 g/mol. The van der Waals surface area contributed by atoms with Gasteiger partial charge in [0.1, 0.15) is 5.75 Å². The molecule has 3 nitrogen and oxygen atoms in total. The molecular weight excluding hydrogens is 406 g/mol. The molecule has 6 rings (SSSR count). The monoisotopic (exact) mass is 437 g/mol. The van der Waals surface area contributed by atoms with E-state index in [1.807, 2.05) is 30.3 Å². The van der Waals surface area contributed by atoms with Crippen LogP contribution in [0.2, 0.25) is 0 Å². The maximum absolute atomic E-state index is 14.1. The molecule has 0 bridgehead atoms. The Kier molecular flexibility index (Phi) is 4.83. The van der Waals surface area contributed by atoms with Gasteiger partial charge in [-0.15, -0.1) is 0 Å². The topological polar surface area (TPSA) is 38.3 Å². The third kappa shape index (κ3) is 2.84. The van der Waals surface area contributed by atoms with E-state index in [1.54, 1.807) is 7.11 Å². The molecule has 4 atom stereocenters. The Morgan fingerprint density at radius 1 is 0.879 bits per heavy atom. The number of carbonyl (C=O) groups is 1. The summed E-state index contributed by atoms with van der Waals surface area (Å²) in [4.78, 5) is 14.1. The lowest BCUT2D eigenvalue weighted by molar-refractivity contribution is 0.0856. The van der Waals surface area contributed by atoms with Crippen LogP contribution in [0.5, 0.6) is 5.75 Å². The van der Waals surface area contributed by atoms with E-state index in [4.69, 9.17) is 4.74 Å². The fourth-order valence-electron chi connectivity index (χ4n) is 7.48. The number of para-hydroxylation sites is 1. The molecule has 3 aliphatic rings. The minimum Gasteiger partial charge on any atom is -0.497 e. The highest BCUT2D eigenvalue weighted by atomic mass is 16.5. The molecule has 3 heteroatoms. The van der Waals surface area contributed by atoms with Crippen molar-refractivity contribution in [1.29, 1.82) is 0 Å². The van der Waals surface area contributed by atoms with Crippen molar-refractivity contribution in [2.45, 2.75) is 55.4 Å². The molecule has 3 aromatic carbocycles. The Morgan fingerprint density at radius 2 is 1.61 bits per heavy atom. The lowest BCUT2D eigenvalue weighted by Crippen LogP contribution is -2.55. The molecule has 0 saturated heterocycles. The van der Waals surface area contributed by atoms with Crippen LogP contribution in [-0.2, 0) is 5.41 Å². The van der Waals surface area contributed by atoms with E-state index >= 15 is 0 Å². The molecule has 0 amide bonds. The number of fused-ring (bicyclic) bond motifs is 1. The fraction of sp³-hybridized carbons (Fsp3) is 0.367. The van der Waals surface area contributed by atoms with Gasteiger partial charge in [0.25, 0.3) is 0 Å². The highest BCUT2D eigenvalue weighted by molar-refractivity contribution is 6.00. The summed E-state index contributed by atoms with van der Waals surface area (Å²) in [6.07, 6.45) is 6.63. The van der Waals surface area contributed by atoms with Crippen LogP contribution in [0.25, 0.3) is 0 Å². The average Bonchev–Trinajstić information content (AvgIpc) is 3.21. The maximum atomic E-state index is 14.1. The summed E-state index contributed by atoms with van der Waals surface area (Å²) >= 11 is 0. The molecular formula is C30H31NO2. The number of Topliss-reactive ketones (excluding diaryl/α,β-unsaturated/α-hetero) is 1. The molecule has 0 unspecified atom stereocenters. The van der Waals surface area contributed by atoms with Crippen molar-refractivity contribution in [3.63, 3.8) is 0 Å². The van der Waals surface area contributed by atoms with Crippen LogP contribution in [0.15, 0.2) is 78.9 Å². The van der Waals surface area contributed by atoms with Crippen molar-refractivity contribution in [2.24, 2.45) is 5.92 Å². The van der Waals surface area contributed by atoms with E-state index in [1.165, 1.54) is 29.7 Å². The first kappa shape index (κ1) is 20.5. The van der Waals surface area contributed by atoms with Crippen LogP contribution in [0, 0.1) is 5.92 Å². The van der Waals surface area contributed by atoms with Crippen LogP contribution < -0.4 is 10.1 Å². The number of carbonyl (C=O) groups excluding carboxylic acids is 1. The number of benzene rings is 3. The zero-order chi connectivity index (χ0) is 22.5. The lowest BCUT2D eigenvalue weighted by Gasteiger charge is -2.45. The van der Waals surface area contributed by atoms with Gasteiger partial charge in [-0.3, -0.25) is 4.79 Å². The Morgan fingerprint density at radius 3 is 2.39 bits per heavy atom. The molecule has 3 aromatic rings. The minimum absolute atomic E-state index is 0.0579. The first-order chi connectivity index (χ1) is 16.2. The second-order valence-electron chi connectivity index (χ2n) is 10.0. The van der Waals surface area contributed by atoms with Gasteiger partial charge in [-0.25, -0.2) is 0 Å². The number of methoxy groups -OCH3 is 1. The van der Waals surface area contributed by atoms with Crippen LogP contribution in [-0.4, -0.2) is 18.4 Å². The van der Waals surface area contributed by atoms with Crippen LogP contribution in [0.1, 0.15) is 65.9 Å². The number of nitrogens with one attached hydrogen (secondary N) is 1. The van der Waals surface area contributed by atoms with Gasteiger partial charge in [-0.05, 0) is 54.5 Å². The molecule has 2 saturated carbocycles. The molecule has 2 fully saturated rings. The van der Waals surface area contributed by atoms with E-state index in [-0.39, 0.29) is 28.6 Å². The molecule has 1 N–H and O–H groups in total. The van der Waals surface area contributed by atoms with Crippen molar-refractivity contribution in [3.8, 4) is 5.75 Å². The molecule has 1 heterocycles. The van der Waals surface area contributed by atoms with Gasteiger partial charge in [-0.1, -0.05) is 79.9 Å². The molecule has 1 aliphatic heterocycles. The van der Waals surface area contributed by atoms with E-state index < -0.39 is 0 Å². The summed E-state index contributed by atoms with van der Waals surface area (Å²) in [5.74, 6) is 1.40. The number of anilines is 1. The van der Waals surface area contributed by atoms with Crippen molar-refractivity contribution >= 4 is 11.5 Å². The quantitative estimate of drug-likeness (QED) is 0.459. The SMILES string of the molecule is COc1ccc([C@@H]2C[C@H](C(=O)c3ccccc3)[C@]34CCCCC[C@]23c2ccccc2N4)cc1. The lowest BCUT2D eigenvalue weighted by atomic mass is 9.59. The first-order valence-corrected chi connectivity index (χ1v) is 12.3. The van der Waals surface area contributed by atoms with Crippen LogP contribution >= 0.6 is 0 Å². The number of rotatable bonds is 4. The van der Waals surface area contributed by atoms with E-state index in [0.29, 0.717) is 0 Å². The van der Waals surface area contributed by atoms with Gasteiger partial charge in [0.15, 0.2) is 5.78 Å². The first-order valence-electron chi connectivity index (χ1n) is 12.3. The predicted octanol–water partition coefficient (Wildman–Crippen LogP) is 6.75. The molecule has 0 aromatic heterocycles. The molecule has 0 radical (unpaired) electrons. The Bertz CT molecular complexity index is 1170. The number of ether oxygens (including phenoxy) is 1. The van der Waals surface area contributed by atoms with E-state index in [0.717, 1.165) is 37.0 Å². The van der Waals surface area contributed by atoms with Gasteiger partial charge in [0, 0.05) is 22.6 Å². The smallest absolute Gasteiger partial charge is 0.168 e. The van der Waals surface area contributed by atoms with E-state index in [9.17, 15) is 4.79 Å². The molecule has 33 heavy (non-hydrogen) atoms. The van der Waals surface area contributed by atoms with Gasteiger partial charge in [0.05, 0.1) is 12.6 Å². The van der Waals surface area contributed by atoms with Gasteiger partial charge >= 0.3 is 0 Å². The third-order valence-corrected chi connectivity index (χ3v) is 8.76. The number of hydrogen-bond donors (Lipinski definition) is 1. The zero-order valence-corrected chi connectivity index (χ0v) is 19.2. The van der Waals surface area contributed by atoms with Crippen LogP contribution in [0.4, 0.5) is 5.69 Å². The van der Waals surface area contributed by atoms with Gasteiger partial charge in [0.2, 0.25) is 0 Å². The summed E-state index contributed by atoms with van der Waals surface area (Å²) in [5.41, 5.74) is 4.47. The van der Waals surface area contributed by atoms with Crippen molar-refractivity contribution in [3.05, 3.63) is 95.6 Å². The zero-order valence-electron chi connectivity index (χ0n) is 19.2. The van der Waals surface area contributed by atoms with Gasteiger partial charge < -0.3 is 10.1 Å². The fourth-order valence-corrected chi connectivity index (χ4v) is 7.48. The third-order valence-electron chi connectivity index (χ3n) is 8.76. The number of ketones is 1. The van der Waals surface area contributed by atoms with Crippen LogP contribution in [0.3, 0.4) is 0 Å². The summed E-state index contributed by atoms with van der Waals surface area (Å²) in [7, 11) is 1.71. The summed E-state index contributed by atoms with van der Waals surface area (Å²) in [6, 6.07) is 27.4. The highest BCUT2D eigenvalue weighted by Gasteiger charge is 2.70. The maximum Gasteiger partial charge on any atom is 0.168 e. The van der Waals surface area contributed by atoms with Crippen molar-refractivity contribution in [2.75, 3.05) is 12.4 Å². The highest BCUT2D eigenvalue weighted by Crippen LogP contribution is 2.69. The summed E-state index contributed by atoms with van der Waals surface area (Å²) in [5, 5.41) is 4.02. The standard InChI is InChI=1S/C30H31NO2/c1-33-23-16-14-21(15-17-23)25-20-26(28(32)22-10-4-2-5-11-22)30-19-9-3-8-18-29(25,30)24-12-6-7-13-27(24)31-30/h2,4-7,10-17,25-26,31H,3,8-9,18-20H2,1H3/t25-,26+,29-,30+/m0/s1. The number of hydrogen-bond acceptors (Lipinski definition) is 3. The largest absolute Gasteiger partial charge is 0.497 e. The second kappa shape index (κ2) is 7.76. The Hall–Kier alpha value is -3.07. The normalized spacial score (nSPS) is 29.8. The van der Waals surface area contributed by atoms with Gasteiger partial charge in [-0.2, -0.15) is 0 Å². The molecule has 0 spiro atoms. The Balaban J connectivity index is 1.57. The molecule has 168 valence electrons. The second-order valence-corrected chi connectivity index (χ2v) is 10.0. The predicted molar refractivity (Wildman–Crippen MR) is 132 cm³/mol. The summed E-state index contributed by atoms with van der Waals surface area (Å²) in [6.45, 7) is 0. The van der Waals surface area contributed by atoms with E-state index in [2.05, 4.69) is 53.8 Å². The van der Waals surface area contributed by atoms with Crippen molar-refractivity contribution < 1.29 is 9.53 Å². The van der Waals surface area contributed by atoms with Crippen molar-refractivity contribution in [1.82, 2.24) is 0 Å². The minimum atomic E-state index is -0.245. The summed E-state index contributed by atoms with van der Waals surface area (Å²) < 4.78 is 5.45. The Labute approximate surface area is 196 Å². The molecule has 2 aliphatic carbocycles.